The van der Waals surface area contributed by atoms with E-state index in [-0.39, 0.29) is 23.3 Å². The number of hydrogen-bond acceptors (Lipinski definition) is 7. The quantitative estimate of drug-likeness (QED) is 0.457. The van der Waals surface area contributed by atoms with Gasteiger partial charge >= 0.3 is 6.18 Å². The Morgan fingerprint density at radius 3 is 2.78 bits per heavy atom. The smallest absolute Gasteiger partial charge is 0.393 e. The topological polar surface area (TPSA) is 84.3 Å². The highest BCUT2D eigenvalue weighted by Gasteiger charge is 2.35. The molecule has 0 amide bonds. The molecule has 1 aliphatic heterocycles. The number of ketones is 1. The minimum atomic E-state index is -4.46. The van der Waals surface area contributed by atoms with E-state index in [0.717, 1.165) is 22.6 Å². The molecule has 1 aliphatic carbocycles. The fourth-order valence-electron chi connectivity index (χ4n) is 4.90. The van der Waals surface area contributed by atoms with E-state index in [4.69, 9.17) is 4.74 Å². The van der Waals surface area contributed by atoms with Crippen LogP contribution in [0.25, 0.3) is 0 Å². The zero-order valence-corrected chi connectivity index (χ0v) is 20.3. The van der Waals surface area contributed by atoms with Gasteiger partial charge in [0.2, 0.25) is 5.78 Å². The number of alkyl halides is 3. The van der Waals surface area contributed by atoms with Crippen molar-refractivity contribution in [2.75, 3.05) is 11.9 Å². The van der Waals surface area contributed by atoms with E-state index in [9.17, 15) is 23.1 Å². The first-order valence-corrected chi connectivity index (χ1v) is 12.5. The molecule has 10 heteroatoms. The molecule has 2 aliphatic rings. The molecule has 2 aromatic heterocycles. The van der Waals surface area contributed by atoms with Crippen molar-refractivity contribution < 1.29 is 27.8 Å². The van der Waals surface area contributed by atoms with Gasteiger partial charge in [-0.1, -0.05) is 6.07 Å². The van der Waals surface area contributed by atoms with E-state index in [1.807, 2.05) is 6.92 Å². The zero-order chi connectivity index (χ0) is 25.6. The molecule has 3 heterocycles. The van der Waals surface area contributed by atoms with Gasteiger partial charge in [0.25, 0.3) is 0 Å². The van der Waals surface area contributed by atoms with Crippen LogP contribution in [0.1, 0.15) is 61.3 Å². The predicted molar refractivity (Wildman–Crippen MR) is 129 cm³/mol. The number of aliphatic hydroxyl groups excluding tert-OH is 1. The molecule has 189 valence electrons. The van der Waals surface area contributed by atoms with Crippen LogP contribution in [-0.2, 0) is 17.3 Å². The number of aromatic nitrogens is 2. The van der Waals surface area contributed by atoms with Gasteiger partial charge in [0.1, 0.15) is 18.2 Å². The molecule has 3 aromatic rings. The molecule has 0 spiro atoms. The lowest BCUT2D eigenvalue weighted by Crippen LogP contribution is -2.20. The highest BCUT2D eigenvalue weighted by molar-refractivity contribution is 7.14. The summed E-state index contributed by atoms with van der Waals surface area (Å²) in [5.41, 5.74) is 1.53. The number of carbonyl (C=O) groups is 1. The number of hydrogen-bond donors (Lipinski definition) is 2. The van der Waals surface area contributed by atoms with Gasteiger partial charge in [-0.15, -0.1) is 11.3 Å². The molecule has 0 bridgehead atoms. The molecule has 2 N–H and O–H groups in total. The molecule has 5 rings (SSSR count). The molecule has 36 heavy (non-hydrogen) atoms. The number of ether oxygens (including phenoxy) is 1. The van der Waals surface area contributed by atoms with E-state index in [1.165, 1.54) is 29.9 Å². The molecular formula is C26H25F3N3O3S. The van der Waals surface area contributed by atoms with Gasteiger partial charge in [-0.3, -0.25) is 4.79 Å². The highest BCUT2D eigenvalue weighted by atomic mass is 32.1. The number of halogens is 3. The molecule has 1 aromatic carbocycles. The molecule has 6 nitrogen and oxygen atoms in total. The summed E-state index contributed by atoms with van der Waals surface area (Å²) in [6.07, 6.45) is -1.17. The third kappa shape index (κ3) is 4.77. The first-order valence-electron chi connectivity index (χ1n) is 11.7. The molecule has 0 saturated heterocycles. The number of anilines is 1. The maximum absolute atomic E-state index is 13.5. The van der Waals surface area contributed by atoms with Crippen molar-refractivity contribution in [1.82, 2.24) is 9.97 Å². The Morgan fingerprint density at radius 1 is 1.25 bits per heavy atom. The van der Waals surface area contributed by atoms with Crippen LogP contribution in [0.15, 0.2) is 36.8 Å². The molecular weight excluding hydrogens is 491 g/mol. The summed E-state index contributed by atoms with van der Waals surface area (Å²) < 4.78 is 46.0. The fraction of sp³-hybridized carbons (Fsp3) is 0.385. The van der Waals surface area contributed by atoms with Gasteiger partial charge in [-0.05, 0) is 73.9 Å². The van der Waals surface area contributed by atoms with E-state index in [0.29, 0.717) is 47.7 Å². The summed E-state index contributed by atoms with van der Waals surface area (Å²) in [4.78, 5) is 23.0. The van der Waals surface area contributed by atoms with Crippen LogP contribution >= 0.6 is 11.3 Å². The van der Waals surface area contributed by atoms with Crippen LogP contribution in [0.3, 0.4) is 0 Å². The van der Waals surface area contributed by atoms with Gasteiger partial charge in [0, 0.05) is 17.1 Å². The third-order valence-electron chi connectivity index (χ3n) is 6.83. The standard InChI is InChI=1S/C26H25F3N3O3S/c1-13-7-17(9-21(13)33)32-25-20(11-30-12-31-25)23(34)22-10-18(14(2)36-22)24-19-8-16(26(27,28)29)4-3-15(19)5-6-35-24/h3-4,8,10-13,17,21,24,33H,1,5-7,9H2,2H3,(H,30,31,32)/t13-,17-,21+,24+/m1/s1. The van der Waals surface area contributed by atoms with Crippen molar-refractivity contribution in [3.63, 3.8) is 0 Å². The van der Waals surface area contributed by atoms with Gasteiger partial charge in [-0.25, -0.2) is 9.97 Å². The number of thiophene rings is 1. The van der Waals surface area contributed by atoms with E-state index in [2.05, 4.69) is 22.2 Å². The van der Waals surface area contributed by atoms with E-state index in [1.54, 1.807) is 6.07 Å². The van der Waals surface area contributed by atoms with Crippen LogP contribution in [-0.4, -0.2) is 39.6 Å². The SMILES string of the molecule is [CH2][C@@H]1C[C@@H](Nc2ncncc2C(=O)c2cc([C@@H]3OCCc4ccc(C(F)(F)F)cc43)c(C)s2)C[C@@H]1O. The van der Waals surface area contributed by atoms with Gasteiger partial charge in [0.05, 0.1) is 28.7 Å². The maximum Gasteiger partial charge on any atom is 0.416 e. The third-order valence-corrected chi connectivity index (χ3v) is 7.89. The normalized spacial score (nSPS) is 23.9. The highest BCUT2D eigenvalue weighted by Crippen LogP contribution is 2.41. The minimum absolute atomic E-state index is 0.0699. The monoisotopic (exact) mass is 516 g/mol. The van der Waals surface area contributed by atoms with Crippen LogP contribution in [0.2, 0.25) is 0 Å². The summed E-state index contributed by atoms with van der Waals surface area (Å²) in [5.74, 6) is -0.00699. The summed E-state index contributed by atoms with van der Waals surface area (Å²) in [5, 5.41) is 13.3. The second-order valence-corrected chi connectivity index (χ2v) is 10.5. The fourth-order valence-corrected chi connectivity index (χ4v) is 5.90. The summed E-state index contributed by atoms with van der Waals surface area (Å²) >= 11 is 1.26. The Balaban J connectivity index is 1.44. The second kappa shape index (κ2) is 9.57. The Hall–Kier alpha value is -2.82. The number of benzene rings is 1. The molecule has 1 radical (unpaired) electrons. The Labute approximate surface area is 210 Å². The summed E-state index contributed by atoms with van der Waals surface area (Å²) in [6, 6.07) is 5.39. The second-order valence-electron chi connectivity index (χ2n) is 9.29. The number of aliphatic hydroxyl groups is 1. The molecule has 4 atom stereocenters. The lowest BCUT2D eigenvalue weighted by molar-refractivity contribution is -0.137. The van der Waals surface area contributed by atoms with Crippen LogP contribution in [0, 0.1) is 19.8 Å². The van der Waals surface area contributed by atoms with Gasteiger partial charge in [0.15, 0.2) is 0 Å². The van der Waals surface area contributed by atoms with Crippen LogP contribution in [0.4, 0.5) is 19.0 Å². The van der Waals surface area contributed by atoms with Crippen molar-refractivity contribution in [3.8, 4) is 0 Å². The van der Waals surface area contributed by atoms with Crippen LogP contribution in [0.5, 0.6) is 0 Å². The van der Waals surface area contributed by atoms with Crippen molar-refractivity contribution >= 4 is 22.9 Å². The van der Waals surface area contributed by atoms with E-state index < -0.39 is 23.9 Å². The van der Waals surface area contributed by atoms with E-state index >= 15 is 0 Å². The molecule has 0 unspecified atom stereocenters. The summed E-state index contributed by atoms with van der Waals surface area (Å²) in [6.45, 7) is 6.15. The average molecular weight is 517 g/mol. The number of nitrogens with one attached hydrogen (secondary N) is 1. The van der Waals surface area contributed by atoms with Crippen molar-refractivity contribution in [2.45, 2.75) is 50.6 Å². The zero-order valence-electron chi connectivity index (χ0n) is 19.5. The Morgan fingerprint density at radius 2 is 2.06 bits per heavy atom. The molecule has 1 fully saturated rings. The minimum Gasteiger partial charge on any atom is -0.393 e. The maximum atomic E-state index is 13.5. The lowest BCUT2D eigenvalue weighted by Gasteiger charge is -2.27. The number of fused-ring (bicyclic) bond motifs is 1. The molecule has 1 saturated carbocycles. The van der Waals surface area contributed by atoms with Crippen molar-refractivity contribution in [1.29, 1.82) is 0 Å². The predicted octanol–water partition coefficient (Wildman–Crippen LogP) is 5.14. The average Bonchev–Trinajstić information content (AvgIpc) is 3.38. The van der Waals surface area contributed by atoms with Crippen molar-refractivity contribution in [3.05, 3.63) is 81.3 Å². The van der Waals surface area contributed by atoms with Crippen molar-refractivity contribution in [2.24, 2.45) is 5.92 Å². The van der Waals surface area contributed by atoms with Gasteiger partial charge < -0.3 is 15.2 Å². The largest absolute Gasteiger partial charge is 0.416 e. The first-order chi connectivity index (χ1) is 17.1. The Kier molecular flexibility index (Phi) is 6.61. The number of nitrogens with zero attached hydrogens (tertiary/aromatic N) is 2. The number of rotatable bonds is 5. The van der Waals surface area contributed by atoms with Crippen LogP contribution < -0.4 is 5.32 Å². The number of carbonyl (C=O) groups excluding carboxylic acids is 1. The van der Waals surface area contributed by atoms with Gasteiger partial charge in [-0.2, -0.15) is 13.2 Å². The Bertz CT molecular complexity index is 1280. The first kappa shape index (κ1) is 24.9. The summed E-state index contributed by atoms with van der Waals surface area (Å²) in [7, 11) is 0. The lowest BCUT2D eigenvalue weighted by atomic mass is 9.91. The number of aryl methyl sites for hydroxylation is 1.